The summed E-state index contributed by atoms with van der Waals surface area (Å²) in [5.41, 5.74) is 4.71. The van der Waals surface area contributed by atoms with Gasteiger partial charge in [-0.15, -0.1) is 0 Å². The van der Waals surface area contributed by atoms with Crippen LogP contribution in [0.5, 0.6) is 0 Å². The smallest absolute Gasteiger partial charge is 0.268 e. The second-order valence-corrected chi connectivity index (χ2v) is 6.05. The van der Waals surface area contributed by atoms with Gasteiger partial charge >= 0.3 is 0 Å². The molecule has 120 valence electrons. The number of nitrogens with one attached hydrogen (secondary N) is 1. The molecule has 2 heterocycles. The van der Waals surface area contributed by atoms with Gasteiger partial charge < -0.3 is 14.3 Å². The molecular formula is C19H22N2O2. The molecule has 3 aromatic rings. The van der Waals surface area contributed by atoms with Gasteiger partial charge in [-0.3, -0.25) is 4.79 Å². The fraction of sp³-hybridized carbons (Fsp3) is 0.316. The normalized spacial score (nSPS) is 12.5. The number of fused-ring (bicyclic) bond motifs is 1. The summed E-state index contributed by atoms with van der Waals surface area (Å²) in [6.07, 6.45) is 2.56. The van der Waals surface area contributed by atoms with Crippen molar-refractivity contribution in [2.45, 2.75) is 39.8 Å². The van der Waals surface area contributed by atoms with Crippen LogP contribution >= 0.6 is 0 Å². The quantitative estimate of drug-likeness (QED) is 0.770. The molecule has 3 rings (SSSR count). The van der Waals surface area contributed by atoms with E-state index < -0.39 is 0 Å². The summed E-state index contributed by atoms with van der Waals surface area (Å²) >= 11 is 0. The predicted octanol–water partition coefficient (Wildman–Crippen LogP) is 4.12. The second kappa shape index (κ2) is 6.32. The summed E-state index contributed by atoms with van der Waals surface area (Å²) in [5.74, 6) is -0.0575. The number of aromatic nitrogens is 1. The Morgan fingerprint density at radius 2 is 2.00 bits per heavy atom. The number of hydrogen-bond donors (Lipinski definition) is 1. The Labute approximate surface area is 136 Å². The predicted molar refractivity (Wildman–Crippen MR) is 91.7 cm³/mol. The molecule has 0 spiro atoms. The Morgan fingerprint density at radius 1 is 1.26 bits per heavy atom. The first-order valence-corrected chi connectivity index (χ1v) is 8.01. The second-order valence-electron chi connectivity index (χ2n) is 6.05. The van der Waals surface area contributed by atoms with Gasteiger partial charge in [0.15, 0.2) is 5.58 Å². The minimum Gasteiger partial charge on any atom is -0.463 e. The van der Waals surface area contributed by atoms with Gasteiger partial charge in [-0.2, -0.15) is 0 Å². The number of aryl methyl sites for hydroxylation is 1. The first kappa shape index (κ1) is 15.4. The van der Waals surface area contributed by atoms with Gasteiger partial charge in [0.25, 0.3) is 5.91 Å². The van der Waals surface area contributed by atoms with E-state index in [1.165, 1.54) is 5.56 Å². The average molecular weight is 310 g/mol. The van der Waals surface area contributed by atoms with Crippen molar-refractivity contribution in [1.82, 2.24) is 9.88 Å². The van der Waals surface area contributed by atoms with Crippen LogP contribution in [0.4, 0.5) is 0 Å². The Morgan fingerprint density at radius 3 is 2.70 bits per heavy atom. The average Bonchev–Trinajstić information content (AvgIpc) is 3.12. The highest BCUT2D eigenvalue weighted by atomic mass is 16.3. The molecule has 0 aliphatic rings. The summed E-state index contributed by atoms with van der Waals surface area (Å²) in [5, 5.41) is 3.03. The molecule has 1 atom stereocenters. The number of carbonyl (C=O) groups is 1. The molecule has 0 bridgehead atoms. The van der Waals surface area contributed by atoms with Crippen LogP contribution in [0, 0.1) is 6.92 Å². The van der Waals surface area contributed by atoms with E-state index in [9.17, 15) is 4.79 Å². The Bertz CT molecular complexity index is 812. The number of nitrogens with zero attached hydrogens (tertiary/aromatic N) is 1. The van der Waals surface area contributed by atoms with Crippen molar-refractivity contribution in [3.05, 3.63) is 59.5 Å². The summed E-state index contributed by atoms with van der Waals surface area (Å²) in [4.78, 5) is 12.6. The number of hydrogen-bond acceptors (Lipinski definition) is 2. The van der Waals surface area contributed by atoms with Crippen molar-refractivity contribution in [2.24, 2.45) is 0 Å². The fourth-order valence-electron chi connectivity index (χ4n) is 2.61. The van der Waals surface area contributed by atoms with Gasteiger partial charge in [0.05, 0.1) is 11.8 Å². The van der Waals surface area contributed by atoms with Crippen molar-refractivity contribution < 1.29 is 9.21 Å². The molecule has 23 heavy (non-hydrogen) atoms. The Hall–Kier alpha value is -2.49. The molecule has 0 aliphatic carbocycles. The first-order valence-electron chi connectivity index (χ1n) is 8.01. The molecule has 0 saturated carbocycles. The third-order valence-electron chi connectivity index (χ3n) is 4.21. The van der Waals surface area contributed by atoms with E-state index in [4.69, 9.17) is 4.42 Å². The lowest BCUT2D eigenvalue weighted by molar-refractivity contribution is 0.0930. The number of furan rings is 1. The molecule has 1 aromatic carbocycles. The zero-order valence-corrected chi connectivity index (χ0v) is 13.8. The summed E-state index contributed by atoms with van der Waals surface area (Å²) in [6, 6.07) is 12.2. The number of benzene rings is 1. The highest BCUT2D eigenvalue weighted by Crippen LogP contribution is 2.23. The number of amides is 1. The van der Waals surface area contributed by atoms with Crippen LogP contribution in [0.15, 0.2) is 47.1 Å². The minimum atomic E-state index is -0.0575. The molecule has 1 amide bonds. The third-order valence-corrected chi connectivity index (χ3v) is 4.21. The molecule has 1 N–H and O–H groups in total. The fourth-order valence-corrected chi connectivity index (χ4v) is 2.61. The molecule has 4 heteroatoms. The van der Waals surface area contributed by atoms with E-state index in [0.717, 1.165) is 23.1 Å². The molecule has 2 aromatic heterocycles. The molecule has 0 fully saturated rings. The van der Waals surface area contributed by atoms with Crippen molar-refractivity contribution in [3.63, 3.8) is 0 Å². The minimum absolute atomic E-state index is 0.0575. The van der Waals surface area contributed by atoms with E-state index in [1.54, 1.807) is 6.26 Å². The highest BCUT2D eigenvalue weighted by Gasteiger charge is 2.18. The molecule has 0 aliphatic heterocycles. The van der Waals surface area contributed by atoms with Crippen molar-refractivity contribution >= 4 is 17.0 Å². The standard InChI is InChI=1S/C19H22N2O2/c1-4-14(3)20-19(22)17-11-18-16(9-10-23-18)21(17)12-15-7-5-13(2)6-8-15/h5-11,14H,4,12H2,1-3H3,(H,20,22). The SMILES string of the molecule is CCC(C)NC(=O)c1cc2occc2n1Cc1ccc(C)cc1. The van der Waals surface area contributed by atoms with Crippen LogP contribution in [0.3, 0.4) is 0 Å². The topological polar surface area (TPSA) is 47.2 Å². The van der Waals surface area contributed by atoms with Crippen molar-refractivity contribution in [3.8, 4) is 0 Å². The maximum absolute atomic E-state index is 12.6. The van der Waals surface area contributed by atoms with Crippen LogP contribution in [-0.4, -0.2) is 16.5 Å². The van der Waals surface area contributed by atoms with E-state index in [2.05, 4.69) is 43.4 Å². The van der Waals surface area contributed by atoms with Gasteiger partial charge in [-0.1, -0.05) is 36.8 Å². The van der Waals surface area contributed by atoms with Crippen LogP contribution < -0.4 is 5.32 Å². The maximum Gasteiger partial charge on any atom is 0.268 e. The van der Waals surface area contributed by atoms with E-state index in [-0.39, 0.29) is 11.9 Å². The lowest BCUT2D eigenvalue weighted by Gasteiger charge is -2.14. The van der Waals surface area contributed by atoms with Crippen molar-refractivity contribution in [1.29, 1.82) is 0 Å². The van der Waals surface area contributed by atoms with E-state index >= 15 is 0 Å². The van der Waals surface area contributed by atoms with Gasteiger partial charge in [0.1, 0.15) is 5.69 Å². The molecule has 0 saturated heterocycles. The molecule has 0 radical (unpaired) electrons. The van der Waals surface area contributed by atoms with Crippen LogP contribution in [0.2, 0.25) is 0 Å². The van der Waals surface area contributed by atoms with Crippen LogP contribution in [0.25, 0.3) is 11.1 Å². The molecule has 1 unspecified atom stereocenters. The maximum atomic E-state index is 12.6. The molecular weight excluding hydrogens is 288 g/mol. The molecule has 4 nitrogen and oxygen atoms in total. The monoisotopic (exact) mass is 310 g/mol. The van der Waals surface area contributed by atoms with Gasteiger partial charge in [-0.25, -0.2) is 0 Å². The number of rotatable bonds is 5. The lowest BCUT2D eigenvalue weighted by atomic mass is 10.1. The largest absolute Gasteiger partial charge is 0.463 e. The van der Waals surface area contributed by atoms with Gasteiger partial charge in [0.2, 0.25) is 0 Å². The summed E-state index contributed by atoms with van der Waals surface area (Å²) in [7, 11) is 0. The van der Waals surface area contributed by atoms with Gasteiger partial charge in [-0.05, 0) is 25.8 Å². The Balaban J connectivity index is 1.96. The number of carbonyl (C=O) groups excluding carboxylic acids is 1. The summed E-state index contributed by atoms with van der Waals surface area (Å²) in [6.45, 7) is 6.78. The zero-order chi connectivity index (χ0) is 16.4. The van der Waals surface area contributed by atoms with Gasteiger partial charge in [0, 0.05) is 24.7 Å². The first-order chi connectivity index (χ1) is 11.1. The lowest BCUT2D eigenvalue weighted by Crippen LogP contribution is -2.33. The summed E-state index contributed by atoms with van der Waals surface area (Å²) < 4.78 is 7.49. The van der Waals surface area contributed by atoms with E-state index in [1.807, 2.05) is 23.6 Å². The van der Waals surface area contributed by atoms with Crippen LogP contribution in [-0.2, 0) is 6.54 Å². The Kier molecular flexibility index (Phi) is 4.24. The highest BCUT2D eigenvalue weighted by molar-refractivity contribution is 5.97. The van der Waals surface area contributed by atoms with E-state index in [0.29, 0.717) is 12.2 Å². The third kappa shape index (κ3) is 3.16. The van der Waals surface area contributed by atoms with Crippen LogP contribution in [0.1, 0.15) is 41.9 Å². The zero-order valence-electron chi connectivity index (χ0n) is 13.8. The van der Waals surface area contributed by atoms with Crippen molar-refractivity contribution in [2.75, 3.05) is 0 Å².